The zero-order valence-electron chi connectivity index (χ0n) is 8.50. The van der Waals surface area contributed by atoms with E-state index < -0.39 is 0 Å². The number of rotatable bonds is 3. The largest absolute Gasteiger partial charge is 0.383 e. The fourth-order valence-electron chi connectivity index (χ4n) is 1.27. The molecule has 0 spiro atoms. The third kappa shape index (κ3) is 2.54. The minimum absolute atomic E-state index is 0.00991. The van der Waals surface area contributed by atoms with E-state index in [2.05, 4.69) is 32.0 Å². The molecule has 0 aromatic heterocycles. The Hall–Kier alpha value is -0.860. The Kier molecular flexibility index (Phi) is 3.46. The molecule has 72 valence electrons. The Morgan fingerprint density at radius 1 is 1.31 bits per heavy atom. The van der Waals surface area contributed by atoms with Gasteiger partial charge in [-0.15, -0.1) is 0 Å². The highest BCUT2D eigenvalue weighted by Gasteiger charge is 2.05. The van der Waals surface area contributed by atoms with Crippen LogP contribution >= 0.6 is 0 Å². The molecule has 0 heterocycles. The number of hydrogen-bond acceptors (Lipinski definition) is 2. The van der Waals surface area contributed by atoms with Crippen molar-refractivity contribution in [1.29, 1.82) is 0 Å². The molecule has 1 rings (SSSR count). The van der Waals surface area contributed by atoms with Gasteiger partial charge in [-0.05, 0) is 30.5 Å². The van der Waals surface area contributed by atoms with Crippen LogP contribution < -0.4 is 5.73 Å². The summed E-state index contributed by atoms with van der Waals surface area (Å²) < 4.78 is 5.00. The Morgan fingerprint density at radius 3 is 2.54 bits per heavy atom. The van der Waals surface area contributed by atoms with Crippen molar-refractivity contribution in [2.75, 3.05) is 13.7 Å². The van der Waals surface area contributed by atoms with E-state index in [4.69, 9.17) is 10.5 Å². The molecular formula is C11H17NO. The van der Waals surface area contributed by atoms with Crippen LogP contribution in [0.15, 0.2) is 18.2 Å². The zero-order chi connectivity index (χ0) is 9.84. The predicted molar refractivity (Wildman–Crippen MR) is 54.7 cm³/mol. The summed E-state index contributed by atoms with van der Waals surface area (Å²) in [5.41, 5.74) is 9.62. The number of nitrogens with two attached hydrogens (primary N) is 1. The molecule has 0 aliphatic rings. The van der Waals surface area contributed by atoms with Gasteiger partial charge in [0.25, 0.3) is 0 Å². The van der Waals surface area contributed by atoms with Gasteiger partial charge in [0.1, 0.15) is 0 Å². The Morgan fingerprint density at radius 2 is 2.00 bits per heavy atom. The molecule has 1 aromatic rings. The lowest BCUT2D eigenvalue weighted by Gasteiger charge is -2.12. The van der Waals surface area contributed by atoms with Crippen LogP contribution in [0.5, 0.6) is 0 Å². The monoisotopic (exact) mass is 179 g/mol. The predicted octanol–water partition coefficient (Wildman–Crippen LogP) is 1.95. The molecule has 0 saturated heterocycles. The maximum atomic E-state index is 5.90. The van der Waals surface area contributed by atoms with Crippen molar-refractivity contribution in [1.82, 2.24) is 0 Å². The average molecular weight is 179 g/mol. The third-order valence-electron chi connectivity index (χ3n) is 2.31. The van der Waals surface area contributed by atoms with Gasteiger partial charge in [-0.25, -0.2) is 0 Å². The van der Waals surface area contributed by atoms with Crippen LogP contribution in [0.25, 0.3) is 0 Å². The average Bonchev–Trinajstić information content (AvgIpc) is 2.10. The summed E-state index contributed by atoms with van der Waals surface area (Å²) in [6, 6.07) is 6.27. The SMILES string of the molecule is COC[C@@H](N)c1ccc(C)c(C)c1. The second-order valence-corrected chi connectivity index (χ2v) is 3.41. The van der Waals surface area contributed by atoms with Gasteiger partial charge in [0.15, 0.2) is 0 Å². The highest BCUT2D eigenvalue weighted by atomic mass is 16.5. The van der Waals surface area contributed by atoms with Crippen LogP contribution in [0, 0.1) is 13.8 Å². The third-order valence-corrected chi connectivity index (χ3v) is 2.31. The first-order valence-corrected chi connectivity index (χ1v) is 4.47. The maximum absolute atomic E-state index is 5.90. The van der Waals surface area contributed by atoms with Gasteiger partial charge in [0, 0.05) is 7.11 Å². The fraction of sp³-hybridized carbons (Fsp3) is 0.455. The van der Waals surface area contributed by atoms with Crippen molar-refractivity contribution in [3.8, 4) is 0 Å². The summed E-state index contributed by atoms with van der Waals surface area (Å²) in [6.45, 7) is 4.77. The topological polar surface area (TPSA) is 35.2 Å². The Bertz CT molecular complexity index is 283. The molecule has 2 nitrogen and oxygen atoms in total. The van der Waals surface area contributed by atoms with E-state index in [0.29, 0.717) is 6.61 Å². The number of ether oxygens (including phenoxy) is 1. The van der Waals surface area contributed by atoms with Crippen molar-refractivity contribution < 1.29 is 4.74 Å². The van der Waals surface area contributed by atoms with Crippen LogP contribution in [0.1, 0.15) is 22.7 Å². The molecule has 0 unspecified atom stereocenters. The standard InChI is InChI=1S/C11H17NO/c1-8-4-5-10(6-9(8)2)11(12)7-13-3/h4-6,11H,7,12H2,1-3H3/t11-/m1/s1. The van der Waals surface area contributed by atoms with E-state index in [-0.39, 0.29) is 6.04 Å². The van der Waals surface area contributed by atoms with Crippen molar-refractivity contribution in [3.63, 3.8) is 0 Å². The minimum atomic E-state index is -0.00991. The van der Waals surface area contributed by atoms with E-state index in [1.165, 1.54) is 11.1 Å². The number of aryl methyl sites for hydroxylation is 2. The van der Waals surface area contributed by atoms with E-state index >= 15 is 0 Å². The van der Waals surface area contributed by atoms with Gasteiger partial charge < -0.3 is 10.5 Å². The van der Waals surface area contributed by atoms with Crippen LogP contribution in [0.4, 0.5) is 0 Å². The normalized spacial score (nSPS) is 12.9. The molecule has 2 heteroatoms. The molecule has 0 aliphatic heterocycles. The molecule has 13 heavy (non-hydrogen) atoms. The Balaban J connectivity index is 2.84. The second-order valence-electron chi connectivity index (χ2n) is 3.41. The molecule has 2 N–H and O–H groups in total. The van der Waals surface area contributed by atoms with Crippen LogP contribution in [-0.4, -0.2) is 13.7 Å². The van der Waals surface area contributed by atoms with Crippen molar-refractivity contribution in [2.45, 2.75) is 19.9 Å². The summed E-state index contributed by atoms with van der Waals surface area (Å²) in [6.07, 6.45) is 0. The van der Waals surface area contributed by atoms with Gasteiger partial charge in [0.05, 0.1) is 12.6 Å². The molecule has 0 saturated carbocycles. The molecule has 0 radical (unpaired) electrons. The molecule has 0 fully saturated rings. The number of methoxy groups -OCH3 is 1. The number of benzene rings is 1. The molecule has 1 atom stereocenters. The van der Waals surface area contributed by atoms with Crippen molar-refractivity contribution in [3.05, 3.63) is 34.9 Å². The van der Waals surface area contributed by atoms with Gasteiger partial charge >= 0.3 is 0 Å². The first-order chi connectivity index (χ1) is 6.15. The van der Waals surface area contributed by atoms with Crippen molar-refractivity contribution in [2.24, 2.45) is 5.73 Å². The molecule has 0 amide bonds. The first kappa shape index (κ1) is 10.2. The highest BCUT2D eigenvalue weighted by molar-refractivity contribution is 5.31. The van der Waals surface area contributed by atoms with Gasteiger partial charge in [0.2, 0.25) is 0 Å². The van der Waals surface area contributed by atoms with E-state index in [9.17, 15) is 0 Å². The smallest absolute Gasteiger partial charge is 0.0655 e. The van der Waals surface area contributed by atoms with Crippen LogP contribution in [0.3, 0.4) is 0 Å². The highest BCUT2D eigenvalue weighted by Crippen LogP contribution is 2.15. The van der Waals surface area contributed by atoms with E-state index in [1.807, 2.05) is 0 Å². The van der Waals surface area contributed by atoms with Gasteiger partial charge in [-0.2, -0.15) is 0 Å². The fourth-order valence-corrected chi connectivity index (χ4v) is 1.27. The van der Waals surface area contributed by atoms with Gasteiger partial charge in [-0.3, -0.25) is 0 Å². The van der Waals surface area contributed by atoms with Crippen LogP contribution in [0.2, 0.25) is 0 Å². The summed E-state index contributed by atoms with van der Waals surface area (Å²) in [7, 11) is 1.67. The second kappa shape index (κ2) is 4.40. The minimum Gasteiger partial charge on any atom is -0.383 e. The summed E-state index contributed by atoms with van der Waals surface area (Å²) >= 11 is 0. The zero-order valence-corrected chi connectivity index (χ0v) is 8.50. The first-order valence-electron chi connectivity index (χ1n) is 4.47. The lowest BCUT2D eigenvalue weighted by atomic mass is 10.0. The summed E-state index contributed by atoms with van der Waals surface area (Å²) in [5, 5.41) is 0. The molecular weight excluding hydrogens is 162 g/mol. The van der Waals surface area contributed by atoms with Crippen LogP contribution in [-0.2, 0) is 4.74 Å². The molecule has 0 aliphatic carbocycles. The summed E-state index contributed by atoms with van der Waals surface area (Å²) in [4.78, 5) is 0. The van der Waals surface area contributed by atoms with Crippen molar-refractivity contribution >= 4 is 0 Å². The maximum Gasteiger partial charge on any atom is 0.0655 e. The summed E-state index contributed by atoms with van der Waals surface area (Å²) in [5.74, 6) is 0. The van der Waals surface area contributed by atoms with E-state index in [0.717, 1.165) is 5.56 Å². The lowest BCUT2D eigenvalue weighted by Crippen LogP contribution is -2.16. The van der Waals surface area contributed by atoms with E-state index in [1.54, 1.807) is 7.11 Å². The van der Waals surface area contributed by atoms with Gasteiger partial charge in [-0.1, -0.05) is 18.2 Å². The lowest BCUT2D eigenvalue weighted by molar-refractivity contribution is 0.181. The molecule has 1 aromatic carbocycles. The molecule has 0 bridgehead atoms. The Labute approximate surface area is 79.7 Å². The quantitative estimate of drug-likeness (QED) is 0.769. The number of hydrogen-bond donors (Lipinski definition) is 1.